The van der Waals surface area contributed by atoms with Crippen molar-refractivity contribution < 1.29 is 28.7 Å². The fourth-order valence-corrected chi connectivity index (χ4v) is 10.9. The molecule has 6 aliphatic rings. The summed E-state index contributed by atoms with van der Waals surface area (Å²) in [6.07, 6.45) is 6.98. The number of carbonyl (C=O) groups excluding carboxylic acids is 4. The van der Waals surface area contributed by atoms with Gasteiger partial charge in [0.05, 0.1) is 9.75 Å². The molecular weight excluding hydrogens is 645 g/mol. The number of hydrogen-bond acceptors (Lipinski definition) is 10. The van der Waals surface area contributed by atoms with Crippen LogP contribution in [0, 0.1) is 23.7 Å². The van der Waals surface area contributed by atoms with Crippen LogP contribution in [0.1, 0.15) is 90.2 Å². The molecule has 0 saturated heterocycles. The molecule has 4 unspecified atom stereocenters. The Kier molecular flexibility index (Phi) is 6.55. The van der Waals surface area contributed by atoms with Gasteiger partial charge in [0.25, 0.3) is 0 Å². The van der Waals surface area contributed by atoms with Gasteiger partial charge in [-0.25, -0.2) is 9.98 Å². The van der Waals surface area contributed by atoms with Gasteiger partial charge >= 0.3 is 0 Å². The van der Waals surface area contributed by atoms with Gasteiger partial charge in [-0.2, -0.15) is 0 Å². The van der Waals surface area contributed by atoms with Crippen LogP contribution in [-0.4, -0.2) is 34.6 Å². The lowest BCUT2D eigenvalue weighted by Gasteiger charge is -2.38. The quantitative estimate of drug-likeness (QED) is 0.269. The number of ether oxygens (including phenoxy) is 2. The van der Waals surface area contributed by atoms with Gasteiger partial charge in [0.1, 0.15) is 32.7 Å². The lowest BCUT2D eigenvalue weighted by atomic mass is 9.81. The number of hydrogen-bond donors (Lipinski definition) is 0. The highest BCUT2D eigenvalue weighted by Crippen LogP contribution is 2.57. The van der Waals surface area contributed by atoms with Crippen molar-refractivity contribution in [3.8, 4) is 32.4 Å². The molecule has 4 atom stereocenters. The average molecular weight is 681 g/mol. The first-order chi connectivity index (χ1) is 22.9. The molecule has 4 fully saturated rings. The lowest BCUT2D eigenvalue weighted by Crippen LogP contribution is -2.32. The number of ketones is 4. The lowest BCUT2D eigenvalue weighted by molar-refractivity contribution is -0.120. The Bertz CT molecular complexity index is 1860. The van der Waals surface area contributed by atoms with Crippen LogP contribution in [-0.2, 0) is 30.4 Å². The molecule has 2 aromatic heterocycles. The highest BCUT2D eigenvalue weighted by Gasteiger charge is 2.49. The zero-order valence-electron chi connectivity index (χ0n) is 27.4. The van der Waals surface area contributed by atoms with E-state index >= 15 is 0 Å². The molecule has 10 heteroatoms. The monoisotopic (exact) mass is 680 g/mol. The molecule has 0 N–H and O–H groups in total. The molecule has 2 aliphatic heterocycles. The van der Waals surface area contributed by atoms with Crippen molar-refractivity contribution in [2.75, 3.05) is 0 Å². The summed E-state index contributed by atoms with van der Waals surface area (Å²) >= 11 is 2.87. The molecule has 0 amide bonds. The van der Waals surface area contributed by atoms with Gasteiger partial charge in [0.2, 0.25) is 0 Å². The van der Waals surface area contributed by atoms with E-state index in [1.807, 2.05) is 39.8 Å². The van der Waals surface area contributed by atoms with Gasteiger partial charge in [0.15, 0.2) is 34.6 Å². The Morgan fingerprint density at radius 1 is 0.562 bits per heavy atom. The van der Waals surface area contributed by atoms with E-state index in [2.05, 4.69) is 22.1 Å². The summed E-state index contributed by atoms with van der Waals surface area (Å²) in [4.78, 5) is 63.9. The normalized spacial score (nSPS) is 27.7. The van der Waals surface area contributed by atoms with Crippen LogP contribution in [0.2, 0.25) is 0 Å². The summed E-state index contributed by atoms with van der Waals surface area (Å²) in [5.74, 6) is 0.0468. The first-order valence-electron chi connectivity index (χ1n) is 17.1. The zero-order chi connectivity index (χ0) is 33.3. The predicted octanol–water partition coefficient (Wildman–Crippen LogP) is 8.46. The maximum Gasteiger partial charge on any atom is 0.188 e. The number of aliphatic imine (C=N–C) groups is 2. The van der Waals surface area contributed by atoms with Crippen LogP contribution >= 0.6 is 22.7 Å². The standard InChI is InChI=1S/C38H36N2O6S2/c1-37(2)23-13-22-24(14-21(23)35-25(45-37)15-27(47-35)39-29-31(41)17-9-5-6-10-18(17)32(29)42)38(3,4)46-26-16-28(48-36(22)26)40-30-33(43)19-11-7-8-12-20(19)34(30)44/h13-20H,5-12H2,1-4H3. The Balaban J connectivity index is 1.11. The van der Waals surface area contributed by atoms with Crippen LogP contribution < -0.4 is 9.47 Å². The number of thiophene rings is 2. The minimum absolute atomic E-state index is 0.0920. The summed E-state index contributed by atoms with van der Waals surface area (Å²) < 4.78 is 13.2. The number of rotatable bonds is 2. The van der Waals surface area contributed by atoms with Crippen LogP contribution in [0.5, 0.6) is 11.5 Å². The third kappa shape index (κ3) is 4.37. The van der Waals surface area contributed by atoms with Gasteiger partial charge in [-0.1, -0.05) is 25.7 Å². The van der Waals surface area contributed by atoms with Crippen LogP contribution in [0.25, 0.3) is 20.9 Å². The maximum atomic E-state index is 13.2. The first-order valence-corrected chi connectivity index (χ1v) is 18.7. The summed E-state index contributed by atoms with van der Waals surface area (Å²) in [7, 11) is 0. The SMILES string of the molecule is CC1(C)Oc2cc(N=C3C(=O)C4CCCCC4C3=O)sc2-c2cc3c(cc21)-c1sc(N=C2C(=O)C4CCCCC4C2=O)cc1OC3(C)C. The zero-order valence-corrected chi connectivity index (χ0v) is 29.1. The Morgan fingerprint density at radius 3 is 1.23 bits per heavy atom. The highest BCUT2D eigenvalue weighted by atomic mass is 32.1. The van der Waals surface area contributed by atoms with E-state index in [1.54, 1.807) is 0 Å². The van der Waals surface area contributed by atoms with Crippen molar-refractivity contribution in [2.45, 2.75) is 90.3 Å². The number of benzene rings is 1. The number of carbonyl (C=O) groups is 4. The largest absolute Gasteiger partial charge is 0.482 e. The van der Waals surface area contributed by atoms with E-state index in [1.165, 1.54) is 22.7 Å². The third-order valence-electron chi connectivity index (χ3n) is 11.3. The first kappa shape index (κ1) is 30.3. The molecule has 48 heavy (non-hydrogen) atoms. The fourth-order valence-electron chi connectivity index (χ4n) is 8.90. The van der Waals surface area contributed by atoms with Crippen molar-refractivity contribution in [2.24, 2.45) is 33.7 Å². The van der Waals surface area contributed by atoms with E-state index in [0.717, 1.165) is 83.4 Å². The third-order valence-corrected chi connectivity index (χ3v) is 13.4. The number of fused-ring (bicyclic) bond motifs is 8. The van der Waals surface area contributed by atoms with Crippen molar-refractivity contribution in [3.63, 3.8) is 0 Å². The van der Waals surface area contributed by atoms with Gasteiger partial charge in [-0.15, -0.1) is 22.7 Å². The Morgan fingerprint density at radius 2 is 0.896 bits per heavy atom. The minimum Gasteiger partial charge on any atom is -0.482 e. The fraction of sp³-hybridized carbons (Fsp3) is 0.474. The molecule has 3 aromatic rings. The maximum absolute atomic E-state index is 13.2. The van der Waals surface area contributed by atoms with Crippen LogP contribution in [0.15, 0.2) is 34.3 Å². The second kappa shape index (κ2) is 10.4. The van der Waals surface area contributed by atoms with E-state index in [4.69, 9.17) is 9.47 Å². The van der Waals surface area contributed by atoms with Crippen LogP contribution in [0.3, 0.4) is 0 Å². The Labute approximate surface area is 286 Å². The number of nitrogens with zero attached hydrogens (tertiary/aromatic N) is 2. The second-order valence-corrected chi connectivity index (χ2v) is 17.2. The van der Waals surface area contributed by atoms with E-state index < -0.39 is 11.2 Å². The molecular formula is C38H36N2O6S2. The molecule has 4 heterocycles. The van der Waals surface area contributed by atoms with Crippen molar-refractivity contribution >= 4 is 67.2 Å². The molecule has 8 nitrogen and oxygen atoms in total. The van der Waals surface area contributed by atoms with E-state index in [-0.39, 0.29) is 58.2 Å². The van der Waals surface area contributed by atoms with Crippen molar-refractivity contribution in [3.05, 3.63) is 35.4 Å². The van der Waals surface area contributed by atoms with Gasteiger partial charge in [-0.05, 0) is 65.5 Å². The molecule has 4 aliphatic carbocycles. The molecule has 1 aromatic carbocycles. The molecule has 4 saturated carbocycles. The molecule has 246 valence electrons. The Hall–Kier alpha value is -3.76. The summed E-state index contributed by atoms with van der Waals surface area (Å²) in [6, 6.07) is 8.05. The molecule has 0 spiro atoms. The van der Waals surface area contributed by atoms with E-state index in [0.29, 0.717) is 21.5 Å². The van der Waals surface area contributed by atoms with Crippen LogP contribution in [0.4, 0.5) is 10.0 Å². The van der Waals surface area contributed by atoms with Gasteiger partial charge < -0.3 is 9.47 Å². The van der Waals surface area contributed by atoms with Crippen molar-refractivity contribution in [1.82, 2.24) is 0 Å². The molecule has 0 bridgehead atoms. The van der Waals surface area contributed by atoms with E-state index in [9.17, 15) is 19.2 Å². The second-order valence-electron chi connectivity index (χ2n) is 15.1. The summed E-state index contributed by atoms with van der Waals surface area (Å²) in [5, 5.41) is 1.18. The smallest absolute Gasteiger partial charge is 0.188 e. The van der Waals surface area contributed by atoms with Crippen molar-refractivity contribution in [1.29, 1.82) is 0 Å². The number of Topliss-reactive ketones (excluding diaryl/α,β-unsaturated/α-hetero) is 4. The van der Waals surface area contributed by atoms with Gasteiger partial charge in [0, 0.05) is 58.1 Å². The highest BCUT2D eigenvalue weighted by molar-refractivity contribution is 7.20. The summed E-state index contributed by atoms with van der Waals surface area (Å²) in [6.45, 7) is 8.14. The summed E-state index contributed by atoms with van der Waals surface area (Å²) in [5.41, 5.74) is 2.85. The molecule has 0 radical (unpaired) electrons. The molecule has 9 rings (SSSR count). The van der Waals surface area contributed by atoms with Gasteiger partial charge in [-0.3, -0.25) is 19.2 Å². The average Bonchev–Trinajstić information content (AvgIpc) is 3.77. The predicted molar refractivity (Wildman–Crippen MR) is 185 cm³/mol. The minimum atomic E-state index is -0.682. The topological polar surface area (TPSA) is 111 Å².